The van der Waals surface area contributed by atoms with E-state index < -0.39 is 6.09 Å². The van der Waals surface area contributed by atoms with Gasteiger partial charge in [0, 0.05) is 12.0 Å². The largest absolute Gasteiger partial charge is 0.465 e. The van der Waals surface area contributed by atoms with Gasteiger partial charge < -0.3 is 9.63 Å². The minimum absolute atomic E-state index is 0.00759. The smallest absolute Gasteiger partial charge is 0.408 e. The lowest BCUT2D eigenvalue weighted by Crippen LogP contribution is -2.32. The molecule has 1 aromatic heterocycles. The lowest BCUT2D eigenvalue weighted by Gasteiger charge is -2.17. The molecule has 1 aromatic carbocycles. The van der Waals surface area contributed by atoms with Gasteiger partial charge in [-0.05, 0) is 12.0 Å². The Morgan fingerprint density at radius 3 is 2.84 bits per heavy atom. The number of hydrogen-bond donors (Lipinski definition) is 1. The van der Waals surface area contributed by atoms with E-state index in [4.69, 9.17) is 4.52 Å². The van der Waals surface area contributed by atoms with Crippen LogP contribution in [-0.2, 0) is 6.54 Å². The number of carbonyl (C=O) groups is 1. The lowest BCUT2D eigenvalue weighted by atomic mass is 10.1. The van der Waals surface area contributed by atoms with E-state index in [1.807, 2.05) is 30.3 Å². The second-order valence-corrected chi connectivity index (χ2v) is 4.57. The van der Waals surface area contributed by atoms with E-state index in [0.717, 1.165) is 6.42 Å². The number of nitrogens with zero attached hydrogens (tertiary/aromatic N) is 3. The molecule has 0 bridgehead atoms. The van der Waals surface area contributed by atoms with Crippen molar-refractivity contribution >= 4 is 6.09 Å². The Morgan fingerprint density at radius 2 is 2.21 bits per heavy atom. The van der Waals surface area contributed by atoms with Gasteiger partial charge in [-0.1, -0.05) is 35.5 Å². The molecule has 0 radical (unpaired) electrons. The fourth-order valence-electron chi connectivity index (χ4n) is 2.32. The molecule has 2 unspecified atom stereocenters. The predicted molar refractivity (Wildman–Crippen MR) is 65.5 cm³/mol. The van der Waals surface area contributed by atoms with E-state index in [0.29, 0.717) is 5.89 Å². The van der Waals surface area contributed by atoms with Crippen LogP contribution in [0.2, 0.25) is 0 Å². The molecule has 2 atom stereocenters. The van der Waals surface area contributed by atoms with E-state index in [9.17, 15) is 9.90 Å². The van der Waals surface area contributed by atoms with E-state index in [1.165, 1.54) is 16.8 Å². The van der Waals surface area contributed by atoms with Crippen LogP contribution in [0.1, 0.15) is 23.8 Å². The van der Waals surface area contributed by atoms with Crippen LogP contribution in [0.15, 0.2) is 41.2 Å². The first-order valence-electron chi connectivity index (χ1n) is 6.06. The number of amides is 1. The highest BCUT2D eigenvalue weighted by Crippen LogP contribution is 2.45. The molecule has 98 valence electrons. The van der Waals surface area contributed by atoms with Gasteiger partial charge in [0.2, 0.25) is 5.89 Å². The summed E-state index contributed by atoms with van der Waals surface area (Å²) in [6.07, 6.45) is 1.16. The maximum Gasteiger partial charge on any atom is 0.408 e. The molecule has 1 N–H and O–H groups in total. The summed E-state index contributed by atoms with van der Waals surface area (Å²) in [7, 11) is 0. The van der Waals surface area contributed by atoms with Crippen LogP contribution < -0.4 is 0 Å². The van der Waals surface area contributed by atoms with Gasteiger partial charge in [0.25, 0.3) is 0 Å². The summed E-state index contributed by atoms with van der Waals surface area (Å²) in [5.41, 5.74) is 1.17. The average Bonchev–Trinajstić information content (AvgIpc) is 3.04. The standard InChI is InChI=1S/C13H13N3O3/c17-13(18)16(7-12-14-8-15-19-12)11-6-10(11)9-4-2-1-3-5-9/h1-5,8,10-11H,6-7H2,(H,17,18). The quantitative estimate of drug-likeness (QED) is 0.909. The molecule has 0 aliphatic heterocycles. The Kier molecular flexibility index (Phi) is 2.91. The van der Waals surface area contributed by atoms with Crippen LogP contribution in [0.4, 0.5) is 4.79 Å². The van der Waals surface area contributed by atoms with Gasteiger partial charge in [-0.3, -0.25) is 4.90 Å². The van der Waals surface area contributed by atoms with Crippen molar-refractivity contribution in [2.45, 2.75) is 24.9 Å². The van der Waals surface area contributed by atoms with Crippen molar-refractivity contribution in [3.05, 3.63) is 48.1 Å². The highest BCUT2D eigenvalue weighted by Gasteiger charge is 2.45. The van der Waals surface area contributed by atoms with Gasteiger partial charge in [0.1, 0.15) is 6.54 Å². The SMILES string of the molecule is O=C(O)N(Cc1ncno1)C1CC1c1ccccc1. The van der Waals surface area contributed by atoms with Crippen molar-refractivity contribution in [1.82, 2.24) is 15.0 Å². The van der Waals surface area contributed by atoms with Gasteiger partial charge in [0.15, 0.2) is 6.33 Å². The summed E-state index contributed by atoms with van der Waals surface area (Å²) in [6, 6.07) is 9.93. The summed E-state index contributed by atoms with van der Waals surface area (Å²) in [5, 5.41) is 12.8. The second-order valence-electron chi connectivity index (χ2n) is 4.57. The molecule has 0 saturated heterocycles. The molecular weight excluding hydrogens is 246 g/mol. The van der Waals surface area contributed by atoms with E-state index in [-0.39, 0.29) is 18.5 Å². The molecule has 1 aliphatic carbocycles. The van der Waals surface area contributed by atoms with Crippen LogP contribution in [0.25, 0.3) is 0 Å². The topological polar surface area (TPSA) is 79.5 Å². The lowest BCUT2D eigenvalue weighted by molar-refractivity contribution is 0.131. The van der Waals surface area contributed by atoms with Crippen molar-refractivity contribution < 1.29 is 14.4 Å². The van der Waals surface area contributed by atoms with Crippen LogP contribution in [-0.4, -0.2) is 32.3 Å². The zero-order chi connectivity index (χ0) is 13.2. The molecule has 2 aromatic rings. The van der Waals surface area contributed by atoms with Crippen LogP contribution >= 0.6 is 0 Å². The van der Waals surface area contributed by atoms with Crippen LogP contribution in [0.3, 0.4) is 0 Å². The first kappa shape index (κ1) is 11.7. The van der Waals surface area contributed by atoms with Gasteiger partial charge in [0.05, 0.1) is 0 Å². The monoisotopic (exact) mass is 259 g/mol. The minimum atomic E-state index is -0.957. The zero-order valence-electron chi connectivity index (χ0n) is 10.1. The fraction of sp³-hybridized carbons (Fsp3) is 0.308. The molecule has 1 fully saturated rings. The Labute approximate surface area is 109 Å². The first-order chi connectivity index (χ1) is 9.25. The van der Waals surface area contributed by atoms with E-state index in [2.05, 4.69) is 10.1 Å². The fourth-order valence-corrected chi connectivity index (χ4v) is 2.32. The summed E-state index contributed by atoms with van der Waals surface area (Å²) in [5.74, 6) is 0.585. The van der Waals surface area contributed by atoms with Crippen LogP contribution in [0.5, 0.6) is 0 Å². The van der Waals surface area contributed by atoms with Gasteiger partial charge in [-0.2, -0.15) is 4.98 Å². The number of carboxylic acid groups (broad SMARTS) is 1. The Bertz CT molecular complexity index is 556. The zero-order valence-corrected chi connectivity index (χ0v) is 10.1. The van der Waals surface area contributed by atoms with E-state index in [1.54, 1.807) is 0 Å². The maximum atomic E-state index is 11.3. The van der Waals surface area contributed by atoms with Crippen molar-refractivity contribution in [3.63, 3.8) is 0 Å². The highest BCUT2D eigenvalue weighted by atomic mass is 16.5. The second kappa shape index (κ2) is 4.72. The van der Waals surface area contributed by atoms with Crippen molar-refractivity contribution in [2.24, 2.45) is 0 Å². The van der Waals surface area contributed by atoms with Crippen molar-refractivity contribution in [2.75, 3.05) is 0 Å². The molecule has 0 spiro atoms. The van der Waals surface area contributed by atoms with Gasteiger partial charge >= 0.3 is 6.09 Å². The Morgan fingerprint density at radius 1 is 1.42 bits per heavy atom. The van der Waals surface area contributed by atoms with Crippen LogP contribution in [0, 0.1) is 0 Å². The van der Waals surface area contributed by atoms with Crippen molar-refractivity contribution in [3.8, 4) is 0 Å². The summed E-state index contributed by atoms with van der Waals surface area (Å²) in [6.45, 7) is 0.142. The molecule has 1 amide bonds. The Balaban J connectivity index is 1.71. The first-order valence-corrected chi connectivity index (χ1v) is 6.06. The van der Waals surface area contributed by atoms with Gasteiger partial charge in [-0.15, -0.1) is 0 Å². The summed E-state index contributed by atoms with van der Waals surface area (Å²) >= 11 is 0. The highest BCUT2D eigenvalue weighted by molar-refractivity contribution is 5.66. The molecule has 3 rings (SSSR count). The molecule has 6 nitrogen and oxygen atoms in total. The number of aromatic nitrogens is 2. The third-order valence-electron chi connectivity index (χ3n) is 3.34. The molecule has 1 heterocycles. The normalized spacial score (nSPS) is 21.1. The molecule has 19 heavy (non-hydrogen) atoms. The molecule has 1 aliphatic rings. The number of hydrogen-bond acceptors (Lipinski definition) is 4. The average molecular weight is 259 g/mol. The van der Waals surface area contributed by atoms with Crippen molar-refractivity contribution in [1.29, 1.82) is 0 Å². The molecular formula is C13H13N3O3. The minimum Gasteiger partial charge on any atom is -0.465 e. The Hall–Kier alpha value is -2.37. The third-order valence-corrected chi connectivity index (χ3v) is 3.34. The molecule has 6 heteroatoms. The predicted octanol–water partition coefficient (Wildman–Crippen LogP) is 2.11. The maximum absolute atomic E-state index is 11.3. The summed E-state index contributed by atoms with van der Waals surface area (Å²) in [4.78, 5) is 16.5. The summed E-state index contributed by atoms with van der Waals surface area (Å²) < 4.78 is 4.87. The number of rotatable bonds is 4. The molecule has 1 saturated carbocycles. The van der Waals surface area contributed by atoms with E-state index >= 15 is 0 Å². The number of benzene rings is 1. The van der Waals surface area contributed by atoms with Gasteiger partial charge in [-0.25, -0.2) is 4.79 Å². The third kappa shape index (κ3) is 2.42.